The molecule has 0 saturated carbocycles. The largest absolute Gasteiger partial charge is 0.488 e. The fraction of sp³-hybridized carbons (Fsp3) is 0.583. The van der Waals surface area contributed by atoms with Crippen molar-refractivity contribution in [2.24, 2.45) is 5.92 Å². The van der Waals surface area contributed by atoms with Gasteiger partial charge in [0.2, 0.25) is 5.88 Å². The molecule has 1 aliphatic rings. The number of rotatable bonds is 3. The highest BCUT2D eigenvalue weighted by molar-refractivity contribution is 5.23. The molecule has 1 aromatic heterocycles. The first-order valence-electron chi connectivity index (χ1n) is 5.67. The van der Waals surface area contributed by atoms with Crippen LogP contribution in [0.3, 0.4) is 0 Å². The first-order valence-corrected chi connectivity index (χ1v) is 5.67. The molecule has 1 N–H and O–H groups in total. The van der Waals surface area contributed by atoms with E-state index in [1.807, 2.05) is 12.1 Å². The summed E-state index contributed by atoms with van der Waals surface area (Å²) in [7, 11) is 1.61. The number of methoxy groups -OCH3 is 1. The molecule has 1 aliphatic heterocycles. The van der Waals surface area contributed by atoms with Crippen LogP contribution in [-0.4, -0.2) is 31.3 Å². The van der Waals surface area contributed by atoms with Gasteiger partial charge in [0, 0.05) is 18.5 Å². The molecule has 1 fully saturated rings. The van der Waals surface area contributed by atoms with Crippen LogP contribution in [0, 0.1) is 5.92 Å². The summed E-state index contributed by atoms with van der Waals surface area (Å²) in [5.41, 5.74) is 0. The van der Waals surface area contributed by atoms with E-state index >= 15 is 0 Å². The lowest BCUT2D eigenvalue weighted by atomic mass is 9.98. The summed E-state index contributed by atoms with van der Waals surface area (Å²) in [6.45, 7) is 4.25. The number of hydrogen-bond donors (Lipinski definition) is 1. The number of nitrogens with one attached hydrogen (secondary N) is 1. The second-order valence-corrected chi connectivity index (χ2v) is 4.16. The van der Waals surface area contributed by atoms with Crippen LogP contribution < -0.4 is 14.8 Å². The quantitative estimate of drug-likeness (QED) is 0.841. The minimum Gasteiger partial charge on any atom is -0.488 e. The molecule has 88 valence electrons. The van der Waals surface area contributed by atoms with Crippen LogP contribution in [0.5, 0.6) is 11.6 Å². The minimum absolute atomic E-state index is 0.288. The summed E-state index contributed by atoms with van der Waals surface area (Å²) in [5, 5.41) is 3.35. The van der Waals surface area contributed by atoms with Gasteiger partial charge in [0.05, 0.1) is 13.3 Å². The van der Waals surface area contributed by atoms with E-state index in [9.17, 15) is 0 Å². The molecule has 0 aromatic carbocycles. The molecule has 1 aromatic rings. The Hall–Kier alpha value is -1.29. The van der Waals surface area contributed by atoms with E-state index in [0.29, 0.717) is 11.8 Å². The van der Waals surface area contributed by atoms with Crippen LogP contribution in [0.15, 0.2) is 18.3 Å². The Labute approximate surface area is 96.0 Å². The molecule has 1 saturated heterocycles. The first-order chi connectivity index (χ1) is 7.79. The van der Waals surface area contributed by atoms with E-state index in [-0.39, 0.29) is 6.10 Å². The normalized spacial score (nSPS) is 25.1. The third kappa shape index (κ3) is 2.64. The van der Waals surface area contributed by atoms with Gasteiger partial charge >= 0.3 is 0 Å². The molecule has 2 atom stereocenters. The monoisotopic (exact) mass is 222 g/mol. The third-order valence-corrected chi connectivity index (χ3v) is 2.91. The smallest absolute Gasteiger partial charge is 0.213 e. The van der Waals surface area contributed by atoms with Gasteiger partial charge < -0.3 is 14.8 Å². The predicted molar refractivity (Wildman–Crippen MR) is 61.9 cm³/mol. The number of piperidine rings is 1. The summed E-state index contributed by atoms with van der Waals surface area (Å²) in [6, 6.07) is 3.72. The van der Waals surface area contributed by atoms with E-state index in [4.69, 9.17) is 9.47 Å². The summed E-state index contributed by atoms with van der Waals surface area (Å²) >= 11 is 0. The van der Waals surface area contributed by atoms with E-state index in [0.717, 1.165) is 25.3 Å². The fourth-order valence-corrected chi connectivity index (χ4v) is 1.90. The Morgan fingerprint density at radius 2 is 2.31 bits per heavy atom. The molecule has 2 rings (SSSR count). The Morgan fingerprint density at radius 1 is 1.44 bits per heavy atom. The molecule has 4 heteroatoms. The molecule has 2 heterocycles. The van der Waals surface area contributed by atoms with Crippen molar-refractivity contribution in [3.8, 4) is 11.6 Å². The average molecular weight is 222 g/mol. The van der Waals surface area contributed by atoms with E-state index in [2.05, 4.69) is 17.2 Å². The van der Waals surface area contributed by atoms with Gasteiger partial charge in [-0.2, -0.15) is 0 Å². The average Bonchev–Trinajstić information content (AvgIpc) is 2.33. The lowest BCUT2D eigenvalue weighted by molar-refractivity contribution is 0.111. The molecule has 0 radical (unpaired) electrons. The number of nitrogens with zero attached hydrogens (tertiary/aromatic N) is 1. The van der Waals surface area contributed by atoms with Gasteiger partial charge in [0.25, 0.3) is 0 Å². The van der Waals surface area contributed by atoms with Crippen molar-refractivity contribution in [1.29, 1.82) is 0 Å². The summed E-state index contributed by atoms with van der Waals surface area (Å²) in [5.74, 6) is 1.97. The van der Waals surface area contributed by atoms with Crippen molar-refractivity contribution in [2.45, 2.75) is 19.4 Å². The standard InChI is InChI=1S/C12H18N2O2/c1-9-7-13-6-5-11(9)16-10-3-4-12(15-2)14-8-10/h3-4,8-9,11,13H,5-7H2,1-2H3/t9-,11+/m0/s1. The molecule has 0 bridgehead atoms. The fourth-order valence-electron chi connectivity index (χ4n) is 1.90. The van der Waals surface area contributed by atoms with Crippen molar-refractivity contribution in [1.82, 2.24) is 10.3 Å². The Kier molecular flexibility index (Phi) is 3.62. The van der Waals surface area contributed by atoms with E-state index in [1.165, 1.54) is 0 Å². The van der Waals surface area contributed by atoms with Crippen LogP contribution in [-0.2, 0) is 0 Å². The summed E-state index contributed by atoms with van der Waals surface area (Å²) in [4.78, 5) is 4.12. The molecule has 0 aliphatic carbocycles. The number of hydrogen-bond acceptors (Lipinski definition) is 4. The van der Waals surface area contributed by atoms with Crippen molar-refractivity contribution in [3.05, 3.63) is 18.3 Å². The van der Waals surface area contributed by atoms with Gasteiger partial charge in [0.1, 0.15) is 11.9 Å². The summed E-state index contributed by atoms with van der Waals surface area (Å²) in [6.07, 6.45) is 3.05. The minimum atomic E-state index is 0.288. The van der Waals surface area contributed by atoms with Gasteiger partial charge in [-0.1, -0.05) is 6.92 Å². The number of aromatic nitrogens is 1. The first kappa shape index (κ1) is 11.2. The zero-order valence-electron chi connectivity index (χ0n) is 9.77. The molecular formula is C12H18N2O2. The zero-order valence-corrected chi connectivity index (χ0v) is 9.77. The molecule has 4 nitrogen and oxygen atoms in total. The molecule has 0 spiro atoms. The van der Waals surface area contributed by atoms with Crippen LogP contribution in [0.2, 0.25) is 0 Å². The van der Waals surface area contributed by atoms with Crippen molar-refractivity contribution in [2.75, 3.05) is 20.2 Å². The molecule has 0 unspecified atom stereocenters. The lowest BCUT2D eigenvalue weighted by Gasteiger charge is -2.29. The van der Waals surface area contributed by atoms with E-state index in [1.54, 1.807) is 13.3 Å². The third-order valence-electron chi connectivity index (χ3n) is 2.91. The number of ether oxygens (including phenoxy) is 2. The molecular weight excluding hydrogens is 204 g/mol. The molecule has 16 heavy (non-hydrogen) atoms. The lowest BCUT2D eigenvalue weighted by Crippen LogP contribution is -2.41. The van der Waals surface area contributed by atoms with Gasteiger partial charge in [-0.15, -0.1) is 0 Å². The highest BCUT2D eigenvalue weighted by Gasteiger charge is 2.22. The van der Waals surface area contributed by atoms with Gasteiger partial charge in [-0.05, 0) is 19.0 Å². The summed E-state index contributed by atoms with van der Waals surface area (Å²) < 4.78 is 10.9. The SMILES string of the molecule is COc1ccc(O[C@@H]2CCNC[C@@H]2C)cn1. The van der Waals surface area contributed by atoms with Crippen molar-refractivity contribution in [3.63, 3.8) is 0 Å². The van der Waals surface area contributed by atoms with Crippen LogP contribution in [0.1, 0.15) is 13.3 Å². The van der Waals surface area contributed by atoms with Crippen LogP contribution in [0.4, 0.5) is 0 Å². The number of pyridine rings is 1. The highest BCUT2D eigenvalue weighted by Crippen LogP contribution is 2.20. The topological polar surface area (TPSA) is 43.4 Å². The Balaban J connectivity index is 1.96. The van der Waals surface area contributed by atoms with Gasteiger partial charge in [0.15, 0.2) is 0 Å². The van der Waals surface area contributed by atoms with Crippen LogP contribution >= 0.6 is 0 Å². The highest BCUT2D eigenvalue weighted by atomic mass is 16.5. The Bertz CT molecular complexity index is 326. The maximum atomic E-state index is 5.91. The second-order valence-electron chi connectivity index (χ2n) is 4.16. The maximum absolute atomic E-state index is 5.91. The van der Waals surface area contributed by atoms with Crippen LogP contribution in [0.25, 0.3) is 0 Å². The molecule has 0 amide bonds. The van der Waals surface area contributed by atoms with Crippen molar-refractivity contribution >= 4 is 0 Å². The predicted octanol–water partition coefficient (Wildman–Crippen LogP) is 1.47. The van der Waals surface area contributed by atoms with Gasteiger partial charge in [-0.3, -0.25) is 0 Å². The zero-order chi connectivity index (χ0) is 11.4. The van der Waals surface area contributed by atoms with Gasteiger partial charge in [-0.25, -0.2) is 4.98 Å². The Morgan fingerprint density at radius 3 is 2.94 bits per heavy atom. The van der Waals surface area contributed by atoms with Crippen molar-refractivity contribution < 1.29 is 9.47 Å². The maximum Gasteiger partial charge on any atom is 0.213 e. The van der Waals surface area contributed by atoms with E-state index < -0.39 is 0 Å². The second kappa shape index (κ2) is 5.16.